The Labute approximate surface area is 97.9 Å². The Morgan fingerprint density at radius 1 is 1.50 bits per heavy atom. The number of aromatic nitrogens is 1. The fraction of sp³-hybridized carbons (Fsp3) is 0.250. The molecule has 1 aromatic carbocycles. The van der Waals surface area contributed by atoms with Gasteiger partial charge in [0.15, 0.2) is 0 Å². The van der Waals surface area contributed by atoms with Crippen molar-refractivity contribution in [3.05, 3.63) is 30.0 Å². The van der Waals surface area contributed by atoms with Crippen molar-refractivity contribution in [2.45, 2.75) is 17.7 Å². The number of nitrogens with one attached hydrogen (secondary N) is 1. The summed E-state index contributed by atoms with van der Waals surface area (Å²) in [6.45, 7) is 0. The number of aryl methyl sites for hydroxylation is 1. The highest BCUT2D eigenvalue weighted by atomic mass is 32.2. The number of carbonyl (C=O) groups is 1. The van der Waals surface area contributed by atoms with E-state index in [9.17, 15) is 4.79 Å². The van der Waals surface area contributed by atoms with Crippen LogP contribution in [-0.4, -0.2) is 22.3 Å². The van der Waals surface area contributed by atoms with E-state index >= 15 is 0 Å². The molecule has 2 rings (SSSR count). The lowest BCUT2D eigenvalue weighted by Gasteiger charge is -1.99. The number of rotatable bonds is 4. The summed E-state index contributed by atoms with van der Waals surface area (Å²) in [5.41, 5.74) is 2.14. The molecule has 0 saturated heterocycles. The summed E-state index contributed by atoms with van der Waals surface area (Å²) >= 11 is 1.69. The van der Waals surface area contributed by atoms with Crippen LogP contribution in [0.3, 0.4) is 0 Å². The number of carboxylic acids is 1. The normalized spacial score (nSPS) is 10.8. The standard InChI is InChI=1S/C12H13NO2S/c1-16-9-3-4-11-10(6-9)8(7-13-11)2-5-12(14)15/h3-4,6-7,13H,2,5H2,1H3,(H,14,15). The first-order valence-electron chi connectivity index (χ1n) is 5.06. The van der Waals surface area contributed by atoms with Crippen LogP contribution in [0.1, 0.15) is 12.0 Å². The van der Waals surface area contributed by atoms with Gasteiger partial charge in [-0.05, 0) is 36.4 Å². The van der Waals surface area contributed by atoms with Crippen molar-refractivity contribution >= 4 is 28.6 Å². The maximum atomic E-state index is 10.5. The monoisotopic (exact) mass is 235 g/mol. The number of fused-ring (bicyclic) bond motifs is 1. The van der Waals surface area contributed by atoms with E-state index < -0.39 is 5.97 Å². The number of aromatic amines is 1. The molecule has 0 amide bonds. The summed E-state index contributed by atoms with van der Waals surface area (Å²) in [7, 11) is 0. The lowest BCUT2D eigenvalue weighted by atomic mass is 10.1. The van der Waals surface area contributed by atoms with Crippen molar-refractivity contribution in [3.8, 4) is 0 Å². The van der Waals surface area contributed by atoms with Gasteiger partial charge in [0.05, 0.1) is 0 Å². The molecule has 84 valence electrons. The Morgan fingerprint density at radius 2 is 2.31 bits per heavy atom. The zero-order valence-electron chi connectivity index (χ0n) is 8.99. The molecule has 0 aliphatic carbocycles. The van der Waals surface area contributed by atoms with Gasteiger partial charge >= 0.3 is 5.97 Å². The maximum Gasteiger partial charge on any atom is 0.303 e. The van der Waals surface area contributed by atoms with Gasteiger partial charge in [0.1, 0.15) is 0 Å². The van der Waals surface area contributed by atoms with E-state index in [1.165, 1.54) is 4.90 Å². The molecule has 1 aromatic heterocycles. The summed E-state index contributed by atoms with van der Waals surface area (Å²) in [5, 5.41) is 9.80. The van der Waals surface area contributed by atoms with E-state index in [-0.39, 0.29) is 6.42 Å². The summed E-state index contributed by atoms with van der Waals surface area (Å²) < 4.78 is 0. The Kier molecular flexibility index (Phi) is 3.19. The van der Waals surface area contributed by atoms with Crippen LogP contribution in [0, 0.1) is 0 Å². The Balaban J connectivity index is 2.34. The first-order valence-corrected chi connectivity index (χ1v) is 6.29. The average molecular weight is 235 g/mol. The van der Waals surface area contributed by atoms with Crippen molar-refractivity contribution in [3.63, 3.8) is 0 Å². The topological polar surface area (TPSA) is 53.1 Å². The van der Waals surface area contributed by atoms with Crippen molar-refractivity contribution < 1.29 is 9.90 Å². The third kappa shape index (κ3) is 2.22. The van der Waals surface area contributed by atoms with Gasteiger partial charge < -0.3 is 10.1 Å². The Morgan fingerprint density at radius 3 is 3.00 bits per heavy atom. The third-order valence-electron chi connectivity index (χ3n) is 2.58. The Hall–Kier alpha value is -1.42. The van der Waals surface area contributed by atoms with Crippen molar-refractivity contribution in [1.29, 1.82) is 0 Å². The molecule has 16 heavy (non-hydrogen) atoms. The molecule has 1 heterocycles. The number of aliphatic carboxylic acids is 1. The van der Waals surface area contributed by atoms with Gasteiger partial charge in [0.2, 0.25) is 0 Å². The minimum Gasteiger partial charge on any atom is -0.481 e. The maximum absolute atomic E-state index is 10.5. The van der Waals surface area contributed by atoms with Crippen LogP contribution in [0.5, 0.6) is 0 Å². The van der Waals surface area contributed by atoms with E-state index in [0.717, 1.165) is 16.5 Å². The number of thioether (sulfide) groups is 1. The molecule has 0 saturated carbocycles. The third-order valence-corrected chi connectivity index (χ3v) is 3.31. The largest absolute Gasteiger partial charge is 0.481 e. The number of hydrogen-bond donors (Lipinski definition) is 2. The molecule has 0 aliphatic rings. The number of H-pyrrole nitrogens is 1. The van der Waals surface area contributed by atoms with Crippen molar-refractivity contribution in [2.75, 3.05) is 6.26 Å². The van der Waals surface area contributed by atoms with Crippen LogP contribution >= 0.6 is 11.8 Å². The molecule has 3 nitrogen and oxygen atoms in total. The van der Waals surface area contributed by atoms with Gasteiger partial charge in [0, 0.05) is 28.4 Å². The lowest BCUT2D eigenvalue weighted by Crippen LogP contribution is -1.96. The van der Waals surface area contributed by atoms with E-state index in [1.54, 1.807) is 11.8 Å². The summed E-state index contributed by atoms with van der Waals surface area (Å²) in [4.78, 5) is 14.9. The molecular weight excluding hydrogens is 222 g/mol. The van der Waals surface area contributed by atoms with Crippen LogP contribution in [0.2, 0.25) is 0 Å². The number of benzene rings is 1. The van der Waals surface area contributed by atoms with E-state index in [0.29, 0.717) is 6.42 Å². The number of carboxylic acid groups (broad SMARTS) is 1. The van der Waals surface area contributed by atoms with E-state index in [2.05, 4.69) is 17.1 Å². The fourth-order valence-electron chi connectivity index (χ4n) is 1.73. The van der Waals surface area contributed by atoms with Crippen LogP contribution in [-0.2, 0) is 11.2 Å². The average Bonchev–Trinajstić information content (AvgIpc) is 2.68. The molecule has 0 radical (unpaired) electrons. The highest BCUT2D eigenvalue weighted by Crippen LogP contribution is 2.25. The second kappa shape index (κ2) is 4.61. The van der Waals surface area contributed by atoms with Gasteiger partial charge in [0.25, 0.3) is 0 Å². The second-order valence-electron chi connectivity index (χ2n) is 3.62. The van der Waals surface area contributed by atoms with Crippen molar-refractivity contribution in [2.24, 2.45) is 0 Å². The molecule has 0 fully saturated rings. The van der Waals surface area contributed by atoms with Crippen LogP contribution < -0.4 is 0 Å². The summed E-state index contributed by atoms with van der Waals surface area (Å²) in [5.74, 6) is -0.754. The molecule has 2 N–H and O–H groups in total. The zero-order chi connectivity index (χ0) is 11.5. The van der Waals surface area contributed by atoms with Gasteiger partial charge in [-0.1, -0.05) is 0 Å². The fourth-order valence-corrected chi connectivity index (χ4v) is 2.17. The van der Waals surface area contributed by atoms with Gasteiger partial charge in [-0.25, -0.2) is 0 Å². The molecule has 0 aliphatic heterocycles. The quantitative estimate of drug-likeness (QED) is 0.801. The van der Waals surface area contributed by atoms with Gasteiger partial charge in [-0.3, -0.25) is 4.79 Å². The zero-order valence-corrected chi connectivity index (χ0v) is 9.80. The minimum absolute atomic E-state index is 0.177. The van der Waals surface area contributed by atoms with Gasteiger partial charge in [-0.2, -0.15) is 0 Å². The van der Waals surface area contributed by atoms with Crippen LogP contribution in [0.25, 0.3) is 10.9 Å². The second-order valence-corrected chi connectivity index (χ2v) is 4.50. The first kappa shape index (κ1) is 11.1. The predicted octanol–water partition coefficient (Wildman–Crippen LogP) is 2.91. The minimum atomic E-state index is -0.754. The predicted molar refractivity (Wildman–Crippen MR) is 66.0 cm³/mol. The van der Waals surface area contributed by atoms with E-state index in [1.807, 2.05) is 18.5 Å². The molecule has 0 atom stereocenters. The molecule has 0 bridgehead atoms. The van der Waals surface area contributed by atoms with Crippen LogP contribution in [0.4, 0.5) is 0 Å². The molecule has 2 aromatic rings. The summed E-state index contributed by atoms with van der Waals surface area (Å²) in [6.07, 6.45) is 4.69. The Bertz CT molecular complexity index is 519. The highest BCUT2D eigenvalue weighted by molar-refractivity contribution is 7.98. The SMILES string of the molecule is CSc1ccc2[nH]cc(CCC(=O)O)c2c1. The molecule has 0 spiro atoms. The highest BCUT2D eigenvalue weighted by Gasteiger charge is 2.06. The lowest BCUT2D eigenvalue weighted by molar-refractivity contribution is -0.136. The smallest absolute Gasteiger partial charge is 0.303 e. The molecule has 4 heteroatoms. The van der Waals surface area contributed by atoms with Crippen LogP contribution in [0.15, 0.2) is 29.3 Å². The van der Waals surface area contributed by atoms with Gasteiger partial charge in [-0.15, -0.1) is 11.8 Å². The molecular formula is C12H13NO2S. The van der Waals surface area contributed by atoms with E-state index in [4.69, 9.17) is 5.11 Å². The molecule has 0 unspecified atom stereocenters. The number of hydrogen-bond acceptors (Lipinski definition) is 2. The van der Waals surface area contributed by atoms with Crippen molar-refractivity contribution in [1.82, 2.24) is 4.98 Å². The summed E-state index contributed by atoms with van der Waals surface area (Å²) in [6, 6.07) is 6.20. The first-order chi connectivity index (χ1) is 7.70.